The van der Waals surface area contributed by atoms with Crippen molar-refractivity contribution in [3.63, 3.8) is 0 Å². The number of ether oxygens (including phenoxy) is 2. The highest BCUT2D eigenvalue weighted by Crippen LogP contribution is 2.31. The second-order valence-corrected chi connectivity index (χ2v) is 4.11. The molecule has 0 aliphatic carbocycles. The summed E-state index contributed by atoms with van der Waals surface area (Å²) in [5.41, 5.74) is 8.20. The van der Waals surface area contributed by atoms with Crippen LogP contribution in [0.25, 0.3) is 0 Å². The average molecular weight is 272 g/mol. The summed E-state index contributed by atoms with van der Waals surface area (Å²) in [5.74, 6) is 1.47. The molecule has 0 radical (unpaired) electrons. The number of nitrogens with two attached hydrogens (primary N) is 1. The minimum atomic E-state index is -0.0444. The Morgan fingerprint density at radius 3 is 2.56 bits per heavy atom. The third-order valence-electron chi connectivity index (χ3n) is 2.48. The lowest BCUT2D eigenvalue weighted by atomic mass is 10.0. The molecular formula is C14H22ClNO2. The van der Waals surface area contributed by atoms with Crippen LogP contribution in [0.2, 0.25) is 0 Å². The Morgan fingerprint density at radius 1 is 1.39 bits per heavy atom. The first-order valence-electron chi connectivity index (χ1n) is 5.79. The zero-order valence-corrected chi connectivity index (χ0v) is 12.0. The molecule has 1 aromatic carbocycles. The fraction of sp³-hybridized carbons (Fsp3) is 0.429. The normalized spacial score (nSPS) is 11.3. The standard InChI is InChI=1S/C14H21NO2.ClH/c1-5-17-13-7-6-11(9-14(13)16-4)12(15)8-10(2)3;/h6-7,9,12H,2,5,8,15H2,1,3-4H3;1H/t12-;/m1./s1. The average Bonchev–Trinajstić information content (AvgIpc) is 2.29. The molecule has 0 unspecified atom stereocenters. The van der Waals surface area contributed by atoms with Crippen LogP contribution in [0.4, 0.5) is 0 Å². The van der Waals surface area contributed by atoms with Crippen molar-refractivity contribution in [1.82, 2.24) is 0 Å². The van der Waals surface area contributed by atoms with Gasteiger partial charge in [-0.15, -0.1) is 19.0 Å². The van der Waals surface area contributed by atoms with Gasteiger partial charge in [-0.1, -0.05) is 11.6 Å². The second kappa shape index (κ2) is 8.01. The van der Waals surface area contributed by atoms with E-state index in [2.05, 4.69) is 6.58 Å². The van der Waals surface area contributed by atoms with E-state index in [1.165, 1.54) is 0 Å². The predicted molar refractivity (Wildman–Crippen MR) is 77.8 cm³/mol. The molecule has 1 aromatic rings. The van der Waals surface area contributed by atoms with Crippen LogP contribution in [-0.4, -0.2) is 13.7 Å². The van der Waals surface area contributed by atoms with E-state index in [1.54, 1.807) is 7.11 Å². The van der Waals surface area contributed by atoms with Crippen molar-refractivity contribution in [3.05, 3.63) is 35.9 Å². The van der Waals surface area contributed by atoms with Gasteiger partial charge in [0.2, 0.25) is 0 Å². The maximum Gasteiger partial charge on any atom is 0.161 e. The maximum absolute atomic E-state index is 6.09. The van der Waals surface area contributed by atoms with Crippen molar-refractivity contribution in [1.29, 1.82) is 0 Å². The van der Waals surface area contributed by atoms with Crippen LogP contribution in [0.1, 0.15) is 31.9 Å². The van der Waals surface area contributed by atoms with Gasteiger partial charge in [0.25, 0.3) is 0 Å². The molecule has 4 heteroatoms. The van der Waals surface area contributed by atoms with E-state index in [1.807, 2.05) is 32.0 Å². The summed E-state index contributed by atoms with van der Waals surface area (Å²) in [7, 11) is 1.63. The molecule has 0 saturated carbocycles. The summed E-state index contributed by atoms with van der Waals surface area (Å²) < 4.78 is 10.8. The molecule has 3 nitrogen and oxygen atoms in total. The molecule has 0 bridgehead atoms. The number of rotatable bonds is 6. The van der Waals surface area contributed by atoms with E-state index in [9.17, 15) is 0 Å². The van der Waals surface area contributed by atoms with E-state index < -0.39 is 0 Å². The summed E-state index contributed by atoms with van der Waals surface area (Å²) in [4.78, 5) is 0. The topological polar surface area (TPSA) is 44.5 Å². The van der Waals surface area contributed by atoms with Gasteiger partial charge in [0, 0.05) is 6.04 Å². The van der Waals surface area contributed by atoms with Crippen LogP contribution in [0.3, 0.4) is 0 Å². The zero-order chi connectivity index (χ0) is 12.8. The fourth-order valence-corrected chi connectivity index (χ4v) is 1.68. The molecule has 0 aromatic heterocycles. The van der Waals surface area contributed by atoms with E-state index in [0.29, 0.717) is 6.61 Å². The van der Waals surface area contributed by atoms with Crippen LogP contribution in [-0.2, 0) is 0 Å². The maximum atomic E-state index is 6.09. The number of hydrogen-bond acceptors (Lipinski definition) is 3. The minimum absolute atomic E-state index is 0. The van der Waals surface area contributed by atoms with E-state index in [-0.39, 0.29) is 18.4 Å². The van der Waals surface area contributed by atoms with Gasteiger partial charge < -0.3 is 15.2 Å². The summed E-state index contributed by atoms with van der Waals surface area (Å²) in [6.45, 7) is 8.42. The smallest absolute Gasteiger partial charge is 0.161 e. The number of hydrogen-bond donors (Lipinski definition) is 1. The molecule has 0 aliphatic heterocycles. The van der Waals surface area contributed by atoms with E-state index >= 15 is 0 Å². The van der Waals surface area contributed by atoms with Crippen molar-refractivity contribution in [2.75, 3.05) is 13.7 Å². The van der Waals surface area contributed by atoms with Crippen molar-refractivity contribution in [2.45, 2.75) is 26.3 Å². The van der Waals surface area contributed by atoms with Gasteiger partial charge in [0.15, 0.2) is 11.5 Å². The molecule has 0 amide bonds. The van der Waals surface area contributed by atoms with Crippen molar-refractivity contribution < 1.29 is 9.47 Å². The van der Waals surface area contributed by atoms with Gasteiger partial charge >= 0.3 is 0 Å². The minimum Gasteiger partial charge on any atom is -0.493 e. The quantitative estimate of drug-likeness (QED) is 0.806. The molecule has 18 heavy (non-hydrogen) atoms. The highest BCUT2D eigenvalue weighted by molar-refractivity contribution is 5.85. The molecule has 1 atom stereocenters. The van der Waals surface area contributed by atoms with Crippen molar-refractivity contribution in [2.24, 2.45) is 5.73 Å². The van der Waals surface area contributed by atoms with Crippen LogP contribution in [0, 0.1) is 0 Å². The SMILES string of the molecule is C=C(C)C[C@@H](N)c1ccc(OCC)c(OC)c1.Cl. The number of methoxy groups -OCH3 is 1. The third-order valence-corrected chi connectivity index (χ3v) is 2.48. The highest BCUT2D eigenvalue weighted by Gasteiger charge is 2.10. The predicted octanol–water partition coefficient (Wildman–Crippen LogP) is 3.48. The lowest BCUT2D eigenvalue weighted by Gasteiger charge is -2.15. The van der Waals surface area contributed by atoms with Gasteiger partial charge in [-0.3, -0.25) is 0 Å². The molecule has 102 valence electrons. The number of halogens is 1. The Bertz CT molecular complexity index is 393. The lowest BCUT2D eigenvalue weighted by Crippen LogP contribution is -2.10. The van der Waals surface area contributed by atoms with Crippen molar-refractivity contribution in [3.8, 4) is 11.5 Å². The molecule has 0 fully saturated rings. The molecule has 0 spiro atoms. The highest BCUT2D eigenvalue weighted by atomic mass is 35.5. The largest absolute Gasteiger partial charge is 0.493 e. The van der Waals surface area contributed by atoms with Crippen LogP contribution < -0.4 is 15.2 Å². The Hall–Kier alpha value is -1.19. The van der Waals surface area contributed by atoms with Gasteiger partial charge in [-0.2, -0.15) is 0 Å². The summed E-state index contributed by atoms with van der Waals surface area (Å²) in [6, 6.07) is 5.76. The van der Waals surface area contributed by atoms with Gasteiger partial charge in [0.05, 0.1) is 13.7 Å². The Balaban J connectivity index is 0.00000289. The first kappa shape index (κ1) is 16.8. The second-order valence-electron chi connectivity index (χ2n) is 4.11. The zero-order valence-electron chi connectivity index (χ0n) is 11.2. The van der Waals surface area contributed by atoms with Crippen LogP contribution in [0.15, 0.2) is 30.4 Å². The first-order valence-corrected chi connectivity index (χ1v) is 5.79. The molecule has 0 heterocycles. The van der Waals surface area contributed by atoms with E-state index in [0.717, 1.165) is 29.1 Å². The Kier molecular flexibility index (Phi) is 7.48. The Labute approximate surface area is 115 Å². The molecule has 0 saturated heterocycles. The monoisotopic (exact) mass is 271 g/mol. The third kappa shape index (κ3) is 4.59. The summed E-state index contributed by atoms with van der Waals surface area (Å²) in [6.07, 6.45) is 0.775. The molecule has 0 aliphatic rings. The van der Waals surface area contributed by atoms with Crippen LogP contribution in [0.5, 0.6) is 11.5 Å². The van der Waals surface area contributed by atoms with Gasteiger partial charge in [-0.25, -0.2) is 0 Å². The first-order chi connectivity index (χ1) is 8.08. The lowest BCUT2D eigenvalue weighted by molar-refractivity contribution is 0.310. The van der Waals surface area contributed by atoms with Crippen LogP contribution >= 0.6 is 12.4 Å². The molecule has 1 rings (SSSR count). The molecular weight excluding hydrogens is 250 g/mol. The fourth-order valence-electron chi connectivity index (χ4n) is 1.68. The van der Waals surface area contributed by atoms with Crippen molar-refractivity contribution >= 4 is 12.4 Å². The summed E-state index contributed by atoms with van der Waals surface area (Å²) in [5, 5.41) is 0. The number of benzene rings is 1. The van der Waals surface area contributed by atoms with Gasteiger partial charge in [0.1, 0.15) is 0 Å². The van der Waals surface area contributed by atoms with E-state index in [4.69, 9.17) is 15.2 Å². The Morgan fingerprint density at radius 2 is 2.06 bits per heavy atom. The van der Waals surface area contributed by atoms with Gasteiger partial charge in [-0.05, 0) is 38.0 Å². The summed E-state index contributed by atoms with van der Waals surface area (Å²) >= 11 is 0. The molecule has 2 N–H and O–H groups in total.